The molecule has 1 atom stereocenters. The number of benzene rings is 1. The van der Waals surface area contributed by atoms with Crippen molar-refractivity contribution in [1.82, 2.24) is 0 Å². The van der Waals surface area contributed by atoms with Crippen molar-refractivity contribution in [3.8, 4) is 5.75 Å². The van der Waals surface area contributed by atoms with Gasteiger partial charge in [-0.1, -0.05) is 20.3 Å². The Kier molecular flexibility index (Phi) is 5.71. The van der Waals surface area contributed by atoms with Crippen LogP contribution >= 0.6 is 11.8 Å². The molecule has 0 spiro atoms. The lowest BCUT2D eigenvalue weighted by molar-refractivity contribution is 0.300. The van der Waals surface area contributed by atoms with E-state index in [-0.39, 0.29) is 11.9 Å². The highest BCUT2D eigenvalue weighted by Gasteiger charge is 2.06. The van der Waals surface area contributed by atoms with E-state index in [0.29, 0.717) is 5.75 Å². The van der Waals surface area contributed by atoms with Crippen LogP contribution in [0.1, 0.15) is 32.3 Å². The molecule has 0 bridgehead atoms. The van der Waals surface area contributed by atoms with E-state index in [1.165, 1.54) is 0 Å². The minimum atomic E-state index is 0.176. The molecule has 1 unspecified atom stereocenters. The minimum absolute atomic E-state index is 0.176. The van der Waals surface area contributed by atoms with Gasteiger partial charge >= 0.3 is 0 Å². The largest absolute Gasteiger partial charge is 0.508 e. The van der Waals surface area contributed by atoms with Gasteiger partial charge in [0.05, 0.1) is 6.61 Å². The summed E-state index contributed by atoms with van der Waals surface area (Å²) in [6.07, 6.45) is 3.14. The van der Waals surface area contributed by atoms with E-state index in [0.717, 1.165) is 29.7 Å². The van der Waals surface area contributed by atoms with Crippen molar-refractivity contribution in [2.45, 2.75) is 43.3 Å². The number of aromatic hydroxyl groups is 1. The third-order valence-electron chi connectivity index (χ3n) is 2.45. The molecule has 2 nitrogen and oxygen atoms in total. The zero-order valence-corrected chi connectivity index (χ0v) is 10.8. The Bertz CT molecular complexity index is 326. The van der Waals surface area contributed by atoms with Crippen LogP contribution in [0.2, 0.25) is 0 Å². The summed E-state index contributed by atoms with van der Waals surface area (Å²) in [6.45, 7) is 4.31. The first-order valence-electron chi connectivity index (χ1n) is 5.76. The van der Waals surface area contributed by atoms with Gasteiger partial charge in [0.15, 0.2) is 0 Å². The highest BCUT2D eigenvalue weighted by molar-refractivity contribution is 8.00. The van der Waals surface area contributed by atoms with Crippen LogP contribution in [0.25, 0.3) is 0 Å². The molecule has 0 aromatic heterocycles. The van der Waals surface area contributed by atoms with Gasteiger partial charge in [-0.2, -0.15) is 0 Å². The van der Waals surface area contributed by atoms with Crippen molar-refractivity contribution >= 4 is 11.8 Å². The topological polar surface area (TPSA) is 40.5 Å². The maximum absolute atomic E-state index is 9.69. The Morgan fingerprint density at radius 2 is 2.12 bits per heavy atom. The van der Waals surface area contributed by atoms with Crippen molar-refractivity contribution in [2.75, 3.05) is 6.61 Å². The molecule has 0 heterocycles. The third-order valence-corrected chi connectivity index (χ3v) is 3.52. The molecule has 0 aliphatic heterocycles. The Morgan fingerprint density at radius 1 is 1.38 bits per heavy atom. The molecule has 0 amide bonds. The van der Waals surface area contributed by atoms with E-state index in [4.69, 9.17) is 5.11 Å². The molecule has 1 aromatic carbocycles. The van der Waals surface area contributed by atoms with E-state index < -0.39 is 0 Å². The zero-order chi connectivity index (χ0) is 12.0. The van der Waals surface area contributed by atoms with Gasteiger partial charge < -0.3 is 10.2 Å². The lowest BCUT2D eigenvalue weighted by Crippen LogP contribution is -2.01. The van der Waals surface area contributed by atoms with Crippen molar-refractivity contribution in [3.05, 3.63) is 23.8 Å². The first-order valence-corrected chi connectivity index (χ1v) is 6.64. The molecule has 0 fully saturated rings. The van der Waals surface area contributed by atoms with Crippen LogP contribution in [-0.2, 0) is 6.42 Å². The molecule has 0 radical (unpaired) electrons. The summed E-state index contributed by atoms with van der Waals surface area (Å²) in [5, 5.41) is 18.9. The summed E-state index contributed by atoms with van der Waals surface area (Å²) in [6, 6.07) is 5.68. The van der Waals surface area contributed by atoms with Crippen LogP contribution < -0.4 is 0 Å². The molecule has 2 N–H and O–H groups in total. The fourth-order valence-corrected chi connectivity index (χ4v) is 2.37. The van der Waals surface area contributed by atoms with E-state index in [1.807, 2.05) is 19.1 Å². The SMILES string of the molecule is CCCCc1cc(SC(C)CO)ccc1O. The van der Waals surface area contributed by atoms with Crippen LogP contribution in [0, 0.1) is 0 Å². The van der Waals surface area contributed by atoms with Crippen molar-refractivity contribution in [2.24, 2.45) is 0 Å². The second-order valence-corrected chi connectivity index (χ2v) is 5.52. The van der Waals surface area contributed by atoms with Gasteiger partial charge in [-0.05, 0) is 36.6 Å². The third kappa shape index (κ3) is 4.06. The molecular formula is C13H20O2S. The summed E-state index contributed by atoms with van der Waals surface area (Å²) in [4.78, 5) is 1.12. The number of phenolic OH excluding ortho intramolecular Hbond substituents is 1. The standard InChI is InChI=1S/C13H20O2S/c1-3-4-5-11-8-12(6-7-13(11)15)16-10(2)9-14/h6-8,10,14-15H,3-5,9H2,1-2H3. The number of rotatable bonds is 6. The average molecular weight is 240 g/mol. The summed E-state index contributed by atoms with van der Waals surface area (Å²) < 4.78 is 0. The normalized spacial score (nSPS) is 12.7. The molecule has 1 aromatic rings. The second-order valence-electron chi connectivity index (χ2n) is 4.01. The molecule has 90 valence electrons. The van der Waals surface area contributed by atoms with E-state index in [1.54, 1.807) is 17.8 Å². The Balaban J connectivity index is 2.72. The van der Waals surface area contributed by atoms with E-state index in [2.05, 4.69) is 6.92 Å². The predicted octanol–water partition coefficient (Wildman–Crippen LogP) is 3.21. The van der Waals surface area contributed by atoms with E-state index in [9.17, 15) is 5.11 Å². The molecule has 1 rings (SSSR count). The summed E-state index contributed by atoms with van der Waals surface area (Å²) in [5.41, 5.74) is 1.01. The highest BCUT2D eigenvalue weighted by Crippen LogP contribution is 2.28. The summed E-state index contributed by atoms with van der Waals surface area (Å²) in [7, 11) is 0. The predicted molar refractivity (Wildman–Crippen MR) is 69.1 cm³/mol. The fourth-order valence-electron chi connectivity index (χ4n) is 1.47. The van der Waals surface area contributed by atoms with Gasteiger partial charge in [-0.25, -0.2) is 0 Å². The zero-order valence-electron chi connectivity index (χ0n) is 9.94. The lowest BCUT2D eigenvalue weighted by Gasteiger charge is -2.10. The molecule has 0 aliphatic rings. The Labute approximate surface area is 102 Å². The van der Waals surface area contributed by atoms with Crippen molar-refractivity contribution < 1.29 is 10.2 Å². The van der Waals surface area contributed by atoms with Gasteiger partial charge in [0.1, 0.15) is 5.75 Å². The van der Waals surface area contributed by atoms with Gasteiger partial charge in [-0.15, -0.1) is 11.8 Å². The van der Waals surface area contributed by atoms with Gasteiger partial charge in [0.25, 0.3) is 0 Å². The number of phenols is 1. The number of aliphatic hydroxyl groups excluding tert-OH is 1. The molecular weight excluding hydrogens is 220 g/mol. The Morgan fingerprint density at radius 3 is 2.75 bits per heavy atom. The van der Waals surface area contributed by atoms with Crippen molar-refractivity contribution in [1.29, 1.82) is 0 Å². The van der Waals surface area contributed by atoms with Crippen LogP contribution in [-0.4, -0.2) is 22.1 Å². The number of aliphatic hydroxyl groups is 1. The first kappa shape index (κ1) is 13.4. The number of hydrogen-bond donors (Lipinski definition) is 2. The van der Waals surface area contributed by atoms with Crippen LogP contribution in [0.3, 0.4) is 0 Å². The van der Waals surface area contributed by atoms with Gasteiger partial charge in [-0.3, -0.25) is 0 Å². The average Bonchev–Trinajstić information content (AvgIpc) is 2.29. The molecule has 3 heteroatoms. The monoisotopic (exact) mass is 240 g/mol. The lowest BCUT2D eigenvalue weighted by atomic mass is 10.1. The highest BCUT2D eigenvalue weighted by atomic mass is 32.2. The summed E-state index contributed by atoms with van der Waals surface area (Å²) >= 11 is 1.64. The van der Waals surface area contributed by atoms with Crippen molar-refractivity contribution in [3.63, 3.8) is 0 Å². The quantitative estimate of drug-likeness (QED) is 0.750. The number of aryl methyl sites for hydroxylation is 1. The van der Waals surface area contributed by atoms with Gasteiger partial charge in [0.2, 0.25) is 0 Å². The fraction of sp³-hybridized carbons (Fsp3) is 0.538. The number of thioether (sulfide) groups is 1. The Hall–Kier alpha value is -0.670. The minimum Gasteiger partial charge on any atom is -0.508 e. The molecule has 16 heavy (non-hydrogen) atoms. The maximum Gasteiger partial charge on any atom is 0.118 e. The molecule has 0 aliphatic carbocycles. The van der Waals surface area contributed by atoms with Crippen LogP contribution in [0.5, 0.6) is 5.75 Å². The smallest absolute Gasteiger partial charge is 0.118 e. The molecule has 0 saturated heterocycles. The molecule has 0 saturated carbocycles. The van der Waals surface area contributed by atoms with Crippen LogP contribution in [0.4, 0.5) is 0 Å². The van der Waals surface area contributed by atoms with Crippen LogP contribution in [0.15, 0.2) is 23.1 Å². The van der Waals surface area contributed by atoms with Gasteiger partial charge in [0, 0.05) is 10.1 Å². The summed E-state index contributed by atoms with van der Waals surface area (Å²) in [5.74, 6) is 0.384. The number of unbranched alkanes of at least 4 members (excludes halogenated alkanes) is 1. The second kappa shape index (κ2) is 6.81. The number of hydrogen-bond acceptors (Lipinski definition) is 3. The van der Waals surface area contributed by atoms with E-state index >= 15 is 0 Å². The first-order chi connectivity index (χ1) is 7.67. The maximum atomic E-state index is 9.69.